The third kappa shape index (κ3) is 2.61. The number of nitrogens with zero attached hydrogens (tertiary/aromatic N) is 1. The highest BCUT2D eigenvalue weighted by Crippen LogP contribution is 2.28. The zero-order valence-corrected chi connectivity index (χ0v) is 11.0. The normalized spacial score (nSPS) is 25.1. The van der Waals surface area contributed by atoms with Crippen LogP contribution in [0.3, 0.4) is 0 Å². The van der Waals surface area contributed by atoms with Crippen molar-refractivity contribution in [2.24, 2.45) is 0 Å². The van der Waals surface area contributed by atoms with Crippen molar-refractivity contribution in [2.75, 3.05) is 34.3 Å². The van der Waals surface area contributed by atoms with Crippen LogP contribution in [0.4, 0.5) is 0 Å². The van der Waals surface area contributed by atoms with Gasteiger partial charge < -0.3 is 15.0 Å². The average Bonchev–Trinajstić information content (AvgIpc) is 2.72. The van der Waals surface area contributed by atoms with Crippen molar-refractivity contribution >= 4 is 0 Å². The number of hydrogen-bond donors (Lipinski definition) is 1. The molecule has 1 aromatic rings. The Kier molecular flexibility index (Phi) is 3.69. The Morgan fingerprint density at radius 1 is 1.41 bits per heavy atom. The summed E-state index contributed by atoms with van der Waals surface area (Å²) in [4.78, 5) is 2.38. The summed E-state index contributed by atoms with van der Waals surface area (Å²) in [6, 6.07) is 8.31. The molecule has 1 atom stereocenters. The lowest BCUT2D eigenvalue weighted by Crippen LogP contribution is -2.47. The van der Waals surface area contributed by atoms with Crippen LogP contribution >= 0.6 is 0 Å². The Labute approximate surface area is 104 Å². The summed E-state index contributed by atoms with van der Waals surface area (Å²) >= 11 is 0. The third-order valence-electron chi connectivity index (χ3n) is 3.80. The maximum absolute atomic E-state index is 5.43. The number of rotatable bonds is 4. The SMILES string of the molecule is CNC1(Cc2ccccc2OC)CCN(C)C1. The van der Waals surface area contributed by atoms with E-state index in [-0.39, 0.29) is 5.54 Å². The van der Waals surface area contributed by atoms with Gasteiger partial charge >= 0.3 is 0 Å². The van der Waals surface area contributed by atoms with Crippen LogP contribution in [-0.4, -0.2) is 44.7 Å². The molecule has 1 aromatic carbocycles. The molecular formula is C14H22N2O. The van der Waals surface area contributed by atoms with E-state index in [4.69, 9.17) is 4.74 Å². The van der Waals surface area contributed by atoms with Crippen molar-refractivity contribution in [1.29, 1.82) is 0 Å². The van der Waals surface area contributed by atoms with Crippen LogP contribution in [0.1, 0.15) is 12.0 Å². The molecule has 0 amide bonds. The Balaban J connectivity index is 2.18. The highest BCUT2D eigenvalue weighted by atomic mass is 16.5. The topological polar surface area (TPSA) is 24.5 Å². The van der Waals surface area contributed by atoms with Gasteiger partial charge in [-0.2, -0.15) is 0 Å². The number of ether oxygens (including phenoxy) is 1. The smallest absolute Gasteiger partial charge is 0.122 e. The lowest BCUT2D eigenvalue weighted by atomic mass is 9.89. The number of likely N-dealkylation sites (tertiary alicyclic amines) is 1. The van der Waals surface area contributed by atoms with Crippen LogP contribution in [0.15, 0.2) is 24.3 Å². The quantitative estimate of drug-likeness (QED) is 0.855. The minimum Gasteiger partial charge on any atom is -0.496 e. The van der Waals surface area contributed by atoms with E-state index in [1.165, 1.54) is 12.0 Å². The largest absolute Gasteiger partial charge is 0.496 e. The zero-order chi connectivity index (χ0) is 12.3. The Morgan fingerprint density at radius 2 is 2.18 bits per heavy atom. The summed E-state index contributed by atoms with van der Waals surface area (Å²) in [6.45, 7) is 2.26. The first-order valence-corrected chi connectivity index (χ1v) is 6.18. The molecule has 1 aliphatic heterocycles. The second-order valence-corrected chi connectivity index (χ2v) is 5.01. The van der Waals surface area contributed by atoms with Crippen LogP contribution in [-0.2, 0) is 6.42 Å². The molecular weight excluding hydrogens is 212 g/mol. The summed E-state index contributed by atoms with van der Waals surface area (Å²) in [6.07, 6.45) is 2.22. The monoisotopic (exact) mass is 234 g/mol. The van der Waals surface area contributed by atoms with Crippen LogP contribution in [0.5, 0.6) is 5.75 Å². The minimum absolute atomic E-state index is 0.198. The fraction of sp³-hybridized carbons (Fsp3) is 0.571. The molecule has 3 nitrogen and oxygen atoms in total. The molecule has 0 radical (unpaired) electrons. The molecule has 1 heterocycles. The molecule has 0 bridgehead atoms. The molecule has 2 rings (SSSR count). The number of hydrogen-bond acceptors (Lipinski definition) is 3. The van der Waals surface area contributed by atoms with E-state index >= 15 is 0 Å². The Bertz CT molecular complexity index is 380. The van der Waals surface area contributed by atoms with Gasteiger partial charge in [-0.05, 0) is 45.1 Å². The number of likely N-dealkylation sites (N-methyl/N-ethyl adjacent to an activating group) is 2. The second-order valence-electron chi connectivity index (χ2n) is 5.01. The van der Waals surface area contributed by atoms with E-state index < -0.39 is 0 Å². The van der Waals surface area contributed by atoms with Gasteiger partial charge in [0, 0.05) is 12.1 Å². The summed E-state index contributed by atoms with van der Waals surface area (Å²) < 4.78 is 5.43. The summed E-state index contributed by atoms with van der Waals surface area (Å²) in [5.74, 6) is 0.997. The molecule has 1 unspecified atom stereocenters. The summed E-state index contributed by atoms with van der Waals surface area (Å²) in [5, 5.41) is 3.51. The summed E-state index contributed by atoms with van der Waals surface area (Å²) in [5.41, 5.74) is 1.49. The van der Waals surface area contributed by atoms with Crippen molar-refractivity contribution < 1.29 is 4.74 Å². The average molecular weight is 234 g/mol. The van der Waals surface area contributed by atoms with Crippen molar-refractivity contribution in [3.63, 3.8) is 0 Å². The van der Waals surface area contributed by atoms with E-state index in [0.717, 1.165) is 25.3 Å². The van der Waals surface area contributed by atoms with Gasteiger partial charge in [0.05, 0.1) is 7.11 Å². The third-order valence-corrected chi connectivity index (χ3v) is 3.80. The lowest BCUT2D eigenvalue weighted by molar-refractivity contribution is 0.321. The van der Waals surface area contributed by atoms with Gasteiger partial charge in [0.25, 0.3) is 0 Å². The van der Waals surface area contributed by atoms with Gasteiger partial charge in [-0.15, -0.1) is 0 Å². The molecule has 0 aromatic heterocycles. The van der Waals surface area contributed by atoms with Gasteiger partial charge in [0.1, 0.15) is 5.75 Å². The summed E-state index contributed by atoms with van der Waals surface area (Å²) in [7, 11) is 5.99. The van der Waals surface area contributed by atoms with E-state index in [1.54, 1.807) is 7.11 Å². The van der Waals surface area contributed by atoms with Crippen LogP contribution < -0.4 is 10.1 Å². The van der Waals surface area contributed by atoms with E-state index in [1.807, 2.05) is 12.1 Å². The van der Waals surface area contributed by atoms with Gasteiger partial charge in [-0.3, -0.25) is 0 Å². The maximum atomic E-state index is 5.43. The maximum Gasteiger partial charge on any atom is 0.122 e. The van der Waals surface area contributed by atoms with Crippen molar-refractivity contribution in [1.82, 2.24) is 10.2 Å². The van der Waals surface area contributed by atoms with Crippen LogP contribution in [0, 0.1) is 0 Å². The first kappa shape index (κ1) is 12.4. The van der Waals surface area contributed by atoms with Gasteiger partial charge in [0.2, 0.25) is 0 Å². The molecule has 0 saturated carbocycles. The molecule has 1 fully saturated rings. The van der Waals surface area contributed by atoms with E-state index in [9.17, 15) is 0 Å². The van der Waals surface area contributed by atoms with Crippen molar-refractivity contribution in [3.8, 4) is 5.75 Å². The van der Waals surface area contributed by atoms with Gasteiger partial charge in [-0.25, -0.2) is 0 Å². The van der Waals surface area contributed by atoms with Gasteiger partial charge in [-0.1, -0.05) is 18.2 Å². The van der Waals surface area contributed by atoms with Crippen molar-refractivity contribution in [3.05, 3.63) is 29.8 Å². The van der Waals surface area contributed by atoms with Crippen LogP contribution in [0.2, 0.25) is 0 Å². The van der Waals surface area contributed by atoms with Gasteiger partial charge in [0.15, 0.2) is 0 Å². The number of methoxy groups -OCH3 is 1. The molecule has 3 heteroatoms. The minimum atomic E-state index is 0.198. The number of para-hydroxylation sites is 1. The lowest BCUT2D eigenvalue weighted by Gasteiger charge is -2.29. The molecule has 1 aliphatic rings. The Morgan fingerprint density at radius 3 is 2.76 bits per heavy atom. The molecule has 0 spiro atoms. The Hall–Kier alpha value is -1.06. The first-order valence-electron chi connectivity index (χ1n) is 6.18. The fourth-order valence-corrected chi connectivity index (χ4v) is 2.73. The van der Waals surface area contributed by atoms with E-state index in [2.05, 4.69) is 36.4 Å². The van der Waals surface area contributed by atoms with Crippen LogP contribution in [0.25, 0.3) is 0 Å². The highest BCUT2D eigenvalue weighted by molar-refractivity contribution is 5.35. The number of benzene rings is 1. The highest BCUT2D eigenvalue weighted by Gasteiger charge is 2.35. The predicted molar refractivity (Wildman–Crippen MR) is 70.6 cm³/mol. The standard InChI is InChI=1S/C14H22N2O/c1-15-14(8-9-16(2)11-14)10-12-6-4-5-7-13(12)17-3/h4-7,15H,8-11H2,1-3H3. The molecule has 0 aliphatic carbocycles. The van der Waals surface area contributed by atoms with Crippen molar-refractivity contribution in [2.45, 2.75) is 18.4 Å². The molecule has 94 valence electrons. The molecule has 17 heavy (non-hydrogen) atoms. The fourth-order valence-electron chi connectivity index (χ4n) is 2.73. The molecule has 1 N–H and O–H groups in total. The molecule has 1 saturated heterocycles. The second kappa shape index (κ2) is 5.07. The predicted octanol–water partition coefficient (Wildman–Crippen LogP) is 1.53. The zero-order valence-electron chi connectivity index (χ0n) is 11.0. The first-order chi connectivity index (χ1) is 8.19. The van der Waals surface area contributed by atoms with E-state index in [0.29, 0.717) is 0 Å². The number of nitrogens with one attached hydrogen (secondary N) is 1.